The normalized spacial score (nSPS) is 21.5. The lowest BCUT2D eigenvalue weighted by Gasteiger charge is -2.19. The van der Waals surface area contributed by atoms with Crippen LogP contribution in [0.2, 0.25) is 0 Å². The molecule has 0 aliphatic carbocycles. The van der Waals surface area contributed by atoms with Gasteiger partial charge in [0.1, 0.15) is 0 Å². The molecule has 1 atom stereocenters. The zero-order valence-corrected chi connectivity index (χ0v) is 9.50. The highest BCUT2D eigenvalue weighted by Gasteiger charge is 2.24. The van der Waals surface area contributed by atoms with E-state index in [1.165, 1.54) is 0 Å². The third-order valence-corrected chi connectivity index (χ3v) is 2.76. The summed E-state index contributed by atoms with van der Waals surface area (Å²) in [5, 5.41) is 0. The molecule has 2 heterocycles. The standard InChI is InChI=1S/C11H17N5/c1-3-13-11(10-14-5-7-15(10)2)16-6-4-9(12)8-16/h3,5,7,9H,1,4,6,8,12H2,2H3. The van der Waals surface area contributed by atoms with Crippen molar-refractivity contribution in [3.63, 3.8) is 0 Å². The highest BCUT2D eigenvalue weighted by molar-refractivity contribution is 5.96. The lowest BCUT2D eigenvalue weighted by Crippen LogP contribution is -2.34. The van der Waals surface area contributed by atoms with E-state index in [1.807, 2.05) is 17.8 Å². The van der Waals surface area contributed by atoms with E-state index < -0.39 is 0 Å². The van der Waals surface area contributed by atoms with Gasteiger partial charge in [-0.2, -0.15) is 0 Å². The molecule has 5 nitrogen and oxygen atoms in total. The van der Waals surface area contributed by atoms with Gasteiger partial charge in [-0.05, 0) is 6.42 Å². The number of hydrogen-bond donors (Lipinski definition) is 1. The second kappa shape index (κ2) is 4.49. The van der Waals surface area contributed by atoms with Crippen molar-refractivity contribution in [3.8, 4) is 0 Å². The van der Waals surface area contributed by atoms with Crippen molar-refractivity contribution in [1.29, 1.82) is 0 Å². The summed E-state index contributed by atoms with van der Waals surface area (Å²) in [5.41, 5.74) is 5.90. The second-order valence-electron chi connectivity index (χ2n) is 3.99. The van der Waals surface area contributed by atoms with Gasteiger partial charge in [0.25, 0.3) is 0 Å². The molecular formula is C11H17N5. The predicted octanol–water partition coefficient (Wildman–Crippen LogP) is 0.343. The van der Waals surface area contributed by atoms with Gasteiger partial charge in [-0.15, -0.1) is 0 Å². The van der Waals surface area contributed by atoms with Crippen LogP contribution in [0, 0.1) is 0 Å². The number of aryl methyl sites for hydroxylation is 1. The van der Waals surface area contributed by atoms with Crippen molar-refractivity contribution in [2.75, 3.05) is 13.1 Å². The number of rotatable bonds is 2. The quantitative estimate of drug-likeness (QED) is 0.576. The number of imidazole rings is 1. The summed E-state index contributed by atoms with van der Waals surface area (Å²) in [4.78, 5) is 10.8. The molecule has 86 valence electrons. The van der Waals surface area contributed by atoms with Crippen LogP contribution in [-0.4, -0.2) is 39.4 Å². The maximum absolute atomic E-state index is 5.90. The third kappa shape index (κ3) is 1.99. The van der Waals surface area contributed by atoms with Gasteiger partial charge in [0.15, 0.2) is 11.7 Å². The molecule has 0 saturated carbocycles. The van der Waals surface area contributed by atoms with Gasteiger partial charge in [0, 0.05) is 44.8 Å². The van der Waals surface area contributed by atoms with E-state index in [-0.39, 0.29) is 6.04 Å². The zero-order valence-electron chi connectivity index (χ0n) is 9.50. The van der Waals surface area contributed by atoms with Crippen LogP contribution >= 0.6 is 0 Å². The van der Waals surface area contributed by atoms with Crippen molar-refractivity contribution in [3.05, 3.63) is 31.0 Å². The molecule has 0 aromatic carbocycles. The van der Waals surface area contributed by atoms with Crippen LogP contribution in [0.5, 0.6) is 0 Å². The Bertz CT molecular complexity index is 406. The van der Waals surface area contributed by atoms with Gasteiger partial charge >= 0.3 is 0 Å². The van der Waals surface area contributed by atoms with E-state index in [4.69, 9.17) is 5.73 Å². The van der Waals surface area contributed by atoms with Crippen LogP contribution < -0.4 is 5.73 Å². The van der Waals surface area contributed by atoms with Crippen LogP contribution in [0.25, 0.3) is 0 Å². The first kappa shape index (κ1) is 10.9. The fraction of sp³-hybridized carbons (Fsp3) is 0.455. The largest absolute Gasteiger partial charge is 0.352 e. The maximum Gasteiger partial charge on any atom is 0.175 e. The Hall–Kier alpha value is -1.62. The molecule has 0 radical (unpaired) electrons. The minimum Gasteiger partial charge on any atom is -0.352 e. The molecule has 1 saturated heterocycles. The van der Waals surface area contributed by atoms with E-state index in [9.17, 15) is 0 Å². The van der Waals surface area contributed by atoms with E-state index >= 15 is 0 Å². The molecule has 1 aromatic heterocycles. The van der Waals surface area contributed by atoms with Gasteiger partial charge in [0.2, 0.25) is 0 Å². The Balaban J connectivity index is 2.28. The Morgan fingerprint density at radius 3 is 3.06 bits per heavy atom. The molecule has 16 heavy (non-hydrogen) atoms. The van der Waals surface area contributed by atoms with E-state index in [2.05, 4.69) is 21.5 Å². The van der Waals surface area contributed by atoms with Gasteiger partial charge in [-0.25, -0.2) is 9.98 Å². The molecule has 0 amide bonds. The van der Waals surface area contributed by atoms with E-state index in [0.717, 1.165) is 31.2 Å². The van der Waals surface area contributed by atoms with E-state index in [1.54, 1.807) is 12.4 Å². The first-order chi connectivity index (χ1) is 7.72. The lowest BCUT2D eigenvalue weighted by molar-refractivity contribution is 0.505. The number of likely N-dealkylation sites (tertiary alicyclic amines) is 1. The van der Waals surface area contributed by atoms with Crippen LogP contribution in [0.1, 0.15) is 12.2 Å². The molecule has 0 spiro atoms. The number of hydrogen-bond acceptors (Lipinski definition) is 3. The molecule has 2 rings (SSSR count). The Morgan fingerprint density at radius 1 is 1.75 bits per heavy atom. The number of nitrogens with two attached hydrogens (primary N) is 1. The Labute approximate surface area is 95.3 Å². The third-order valence-electron chi connectivity index (χ3n) is 2.76. The highest BCUT2D eigenvalue weighted by Crippen LogP contribution is 2.12. The fourth-order valence-electron chi connectivity index (χ4n) is 1.93. The van der Waals surface area contributed by atoms with Crippen LogP contribution in [-0.2, 0) is 7.05 Å². The Kier molecular flexibility index (Phi) is 3.05. The Morgan fingerprint density at radius 2 is 2.56 bits per heavy atom. The molecule has 0 bridgehead atoms. The SMILES string of the molecule is C=CN=C(c1nccn1C)N1CCC(N)C1. The average molecular weight is 219 g/mol. The summed E-state index contributed by atoms with van der Waals surface area (Å²) < 4.78 is 1.95. The first-order valence-corrected chi connectivity index (χ1v) is 5.39. The van der Waals surface area contributed by atoms with Gasteiger partial charge in [-0.1, -0.05) is 6.58 Å². The maximum atomic E-state index is 5.90. The molecular weight excluding hydrogens is 202 g/mol. The smallest absolute Gasteiger partial charge is 0.175 e. The fourth-order valence-corrected chi connectivity index (χ4v) is 1.93. The minimum absolute atomic E-state index is 0.232. The molecule has 1 unspecified atom stereocenters. The van der Waals surface area contributed by atoms with Crippen molar-refractivity contribution in [2.45, 2.75) is 12.5 Å². The summed E-state index contributed by atoms with van der Waals surface area (Å²) >= 11 is 0. The second-order valence-corrected chi connectivity index (χ2v) is 3.99. The first-order valence-electron chi connectivity index (χ1n) is 5.39. The van der Waals surface area contributed by atoms with Crippen molar-refractivity contribution >= 4 is 5.84 Å². The van der Waals surface area contributed by atoms with Crippen LogP contribution in [0.3, 0.4) is 0 Å². The molecule has 1 fully saturated rings. The van der Waals surface area contributed by atoms with Crippen molar-refractivity contribution in [2.24, 2.45) is 17.8 Å². The number of aromatic nitrogens is 2. The predicted molar refractivity (Wildman–Crippen MR) is 64.1 cm³/mol. The van der Waals surface area contributed by atoms with E-state index in [0.29, 0.717) is 0 Å². The molecule has 1 aliphatic heterocycles. The van der Waals surface area contributed by atoms with Crippen LogP contribution in [0.15, 0.2) is 30.2 Å². The molecule has 1 aliphatic rings. The molecule has 5 heteroatoms. The minimum atomic E-state index is 0.232. The zero-order chi connectivity index (χ0) is 11.5. The summed E-state index contributed by atoms with van der Waals surface area (Å²) in [5.74, 6) is 1.71. The summed E-state index contributed by atoms with van der Waals surface area (Å²) in [6.45, 7) is 5.41. The summed E-state index contributed by atoms with van der Waals surface area (Å²) in [6, 6.07) is 0.232. The molecule has 1 aromatic rings. The summed E-state index contributed by atoms with van der Waals surface area (Å²) in [6.07, 6.45) is 6.22. The molecule has 2 N–H and O–H groups in total. The van der Waals surface area contributed by atoms with Crippen molar-refractivity contribution < 1.29 is 0 Å². The topological polar surface area (TPSA) is 59.4 Å². The number of amidine groups is 1. The monoisotopic (exact) mass is 219 g/mol. The summed E-state index contributed by atoms with van der Waals surface area (Å²) in [7, 11) is 1.96. The van der Waals surface area contributed by atoms with Crippen molar-refractivity contribution in [1.82, 2.24) is 14.5 Å². The number of nitrogens with zero attached hydrogens (tertiary/aromatic N) is 4. The number of aliphatic imine (C=N–C) groups is 1. The highest BCUT2D eigenvalue weighted by atomic mass is 15.3. The van der Waals surface area contributed by atoms with Crippen LogP contribution in [0.4, 0.5) is 0 Å². The lowest BCUT2D eigenvalue weighted by atomic mass is 10.3. The van der Waals surface area contributed by atoms with Gasteiger partial charge in [-0.3, -0.25) is 0 Å². The average Bonchev–Trinajstić information content (AvgIpc) is 2.84. The van der Waals surface area contributed by atoms with Gasteiger partial charge < -0.3 is 15.2 Å². The van der Waals surface area contributed by atoms with Gasteiger partial charge in [0.05, 0.1) is 0 Å².